The maximum absolute atomic E-state index is 12.2. The summed E-state index contributed by atoms with van der Waals surface area (Å²) in [7, 11) is 0. The van der Waals surface area contributed by atoms with Crippen molar-refractivity contribution in [3.8, 4) is 0 Å². The molecule has 2 unspecified atom stereocenters. The number of rotatable bonds is 7. The highest BCUT2D eigenvalue weighted by Crippen LogP contribution is 2.15. The lowest BCUT2D eigenvalue weighted by Crippen LogP contribution is -2.39. The van der Waals surface area contributed by atoms with E-state index in [1.54, 1.807) is 30.3 Å². The summed E-state index contributed by atoms with van der Waals surface area (Å²) < 4.78 is 5.00. The van der Waals surface area contributed by atoms with Crippen LogP contribution in [0.15, 0.2) is 30.3 Å². The summed E-state index contributed by atoms with van der Waals surface area (Å²) in [5.74, 6) is -3.20. The molecule has 6 heteroatoms. The Bertz CT molecular complexity index is 567. The second kappa shape index (κ2) is 8.07. The van der Waals surface area contributed by atoms with Crippen molar-refractivity contribution in [1.82, 2.24) is 0 Å². The highest BCUT2D eigenvalue weighted by atomic mass is 16.5. The zero-order valence-electron chi connectivity index (χ0n) is 12.8. The van der Waals surface area contributed by atoms with Crippen LogP contribution in [0.5, 0.6) is 0 Å². The van der Waals surface area contributed by atoms with Crippen LogP contribution in [0.4, 0.5) is 5.69 Å². The van der Waals surface area contributed by atoms with E-state index < -0.39 is 29.7 Å². The molecule has 1 N–H and O–H groups in total. The summed E-state index contributed by atoms with van der Waals surface area (Å²) in [4.78, 5) is 46.3. The van der Waals surface area contributed by atoms with Crippen LogP contribution in [0.3, 0.4) is 0 Å². The molecular weight excluding hydrogens is 286 g/mol. The van der Waals surface area contributed by atoms with Crippen LogP contribution in [0, 0.1) is 5.92 Å². The Hall–Kier alpha value is -2.50. The highest BCUT2D eigenvalue weighted by molar-refractivity contribution is 6.07. The largest absolute Gasteiger partial charge is 0.461 e. The lowest BCUT2D eigenvalue weighted by atomic mass is 9.98. The number of anilines is 1. The number of para-hydroxylation sites is 1. The lowest BCUT2D eigenvalue weighted by Gasteiger charge is -2.21. The van der Waals surface area contributed by atoms with Gasteiger partial charge in [0.05, 0.1) is 0 Å². The molecule has 118 valence electrons. The van der Waals surface area contributed by atoms with Crippen LogP contribution in [0.1, 0.15) is 27.2 Å². The SMILES string of the molecule is CC(=O)CC(=O)OC(C)C(C(C)=O)C(=O)Nc1ccccc1. The van der Waals surface area contributed by atoms with Crippen LogP contribution in [0.2, 0.25) is 0 Å². The van der Waals surface area contributed by atoms with Gasteiger partial charge in [0.2, 0.25) is 5.91 Å². The normalized spacial score (nSPS) is 12.9. The van der Waals surface area contributed by atoms with Crippen LogP contribution >= 0.6 is 0 Å². The third kappa shape index (κ3) is 5.47. The van der Waals surface area contributed by atoms with E-state index >= 15 is 0 Å². The summed E-state index contributed by atoms with van der Waals surface area (Å²) in [6.45, 7) is 3.97. The molecule has 0 radical (unpaired) electrons. The number of esters is 1. The number of amides is 1. The molecule has 2 atom stereocenters. The number of Topliss-reactive ketones (excluding diaryl/α,β-unsaturated/α-hetero) is 2. The van der Waals surface area contributed by atoms with Gasteiger partial charge in [-0.25, -0.2) is 0 Å². The first kappa shape index (κ1) is 17.6. The number of hydrogen-bond acceptors (Lipinski definition) is 5. The Kier molecular flexibility index (Phi) is 6.44. The second-order valence-electron chi connectivity index (χ2n) is 5.02. The van der Waals surface area contributed by atoms with Crippen LogP contribution in [-0.4, -0.2) is 29.5 Å². The van der Waals surface area contributed by atoms with Gasteiger partial charge in [0.25, 0.3) is 0 Å². The van der Waals surface area contributed by atoms with Crippen molar-refractivity contribution in [2.45, 2.75) is 33.3 Å². The highest BCUT2D eigenvalue weighted by Gasteiger charge is 2.32. The fourth-order valence-corrected chi connectivity index (χ4v) is 1.99. The van der Waals surface area contributed by atoms with Crippen LogP contribution in [-0.2, 0) is 23.9 Å². The van der Waals surface area contributed by atoms with Gasteiger partial charge >= 0.3 is 5.97 Å². The molecule has 22 heavy (non-hydrogen) atoms. The summed E-state index contributed by atoms with van der Waals surface area (Å²) in [6, 6.07) is 8.65. The van der Waals surface area contributed by atoms with Gasteiger partial charge in [-0.2, -0.15) is 0 Å². The molecule has 6 nitrogen and oxygen atoms in total. The molecule has 0 fully saturated rings. The molecule has 0 aliphatic heterocycles. The minimum atomic E-state index is -1.13. The number of carbonyl (C=O) groups excluding carboxylic acids is 4. The Balaban J connectivity index is 2.75. The second-order valence-corrected chi connectivity index (χ2v) is 5.02. The molecule has 0 aliphatic carbocycles. The van der Waals surface area contributed by atoms with Crippen LogP contribution < -0.4 is 5.32 Å². The first-order chi connectivity index (χ1) is 10.3. The maximum atomic E-state index is 12.2. The Morgan fingerprint density at radius 3 is 2.18 bits per heavy atom. The average Bonchev–Trinajstić information content (AvgIpc) is 2.37. The van der Waals surface area contributed by atoms with Crippen molar-refractivity contribution in [2.75, 3.05) is 5.32 Å². The molecule has 0 saturated carbocycles. The van der Waals surface area contributed by atoms with Gasteiger partial charge < -0.3 is 10.1 Å². The third-order valence-electron chi connectivity index (χ3n) is 2.94. The average molecular weight is 305 g/mol. The molecule has 0 bridgehead atoms. The van der Waals surface area contributed by atoms with Crippen molar-refractivity contribution in [1.29, 1.82) is 0 Å². The predicted molar refractivity (Wildman–Crippen MR) is 80.1 cm³/mol. The van der Waals surface area contributed by atoms with E-state index in [0.717, 1.165) is 0 Å². The number of carbonyl (C=O) groups is 4. The Morgan fingerprint density at radius 1 is 1.09 bits per heavy atom. The first-order valence-electron chi connectivity index (χ1n) is 6.86. The summed E-state index contributed by atoms with van der Waals surface area (Å²) in [5.41, 5.74) is 0.543. The standard InChI is InChI=1S/C16H19NO5/c1-10(18)9-14(20)22-12(3)15(11(2)19)16(21)17-13-7-5-4-6-8-13/h4-8,12,15H,9H2,1-3H3,(H,17,21). The van der Waals surface area contributed by atoms with Crippen molar-refractivity contribution in [3.05, 3.63) is 30.3 Å². The molecule has 1 amide bonds. The van der Waals surface area contributed by atoms with Gasteiger partial charge in [-0.15, -0.1) is 0 Å². The number of hydrogen-bond donors (Lipinski definition) is 1. The molecule has 0 heterocycles. The molecule has 1 aromatic carbocycles. The van der Waals surface area contributed by atoms with Gasteiger partial charge in [-0.3, -0.25) is 19.2 Å². The van der Waals surface area contributed by atoms with Gasteiger partial charge in [0, 0.05) is 5.69 Å². The zero-order valence-corrected chi connectivity index (χ0v) is 12.8. The molecule has 0 aliphatic rings. The Labute approximate surface area is 128 Å². The van der Waals surface area contributed by atoms with E-state index in [9.17, 15) is 19.2 Å². The quantitative estimate of drug-likeness (QED) is 0.612. The van der Waals surface area contributed by atoms with Crippen molar-refractivity contribution >= 4 is 29.1 Å². The maximum Gasteiger partial charge on any atom is 0.313 e. The molecule has 0 aromatic heterocycles. The van der Waals surface area contributed by atoms with E-state index in [4.69, 9.17) is 4.74 Å². The Morgan fingerprint density at radius 2 is 1.68 bits per heavy atom. The molecule has 1 aromatic rings. The fourth-order valence-electron chi connectivity index (χ4n) is 1.99. The minimum Gasteiger partial charge on any atom is -0.461 e. The van der Waals surface area contributed by atoms with Crippen molar-refractivity contribution in [3.63, 3.8) is 0 Å². The van der Waals surface area contributed by atoms with Gasteiger partial charge in [0.15, 0.2) is 0 Å². The number of benzene rings is 1. The number of nitrogens with one attached hydrogen (secondary N) is 1. The van der Waals surface area contributed by atoms with E-state index in [2.05, 4.69) is 5.32 Å². The fraction of sp³-hybridized carbons (Fsp3) is 0.375. The van der Waals surface area contributed by atoms with Gasteiger partial charge in [-0.1, -0.05) is 18.2 Å². The van der Waals surface area contributed by atoms with Crippen molar-refractivity contribution in [2.24, 2.45) is 5.92 Å². The summed E-state index contributed by atoms with van der Waals surface area (Å²) >= 11 is 0. The lowest BCUT2D eigenvalue weighted by molar-refractivity contribution is -0.154. The number of ketones is 2. The van der Waals surface area contributed by atoms with Crippen molar-refractivity contribution < 1.29 is 23.9 Å². The molecular formula is C16H19NO5. The summed E-state index contributed by atoms with van der Waals surface area (Å²) in [6.07, 6.45) is -1.33. The minimum absolute atomic E-state index is 0.342. The zero-order chi connectivity index (χ0) is 16.7. The van der Waals surface area contributed by atoms with Gasteiger partial charge in [-0.05, 0) is 32.9 Å². The molecule has 0 saturated heterocycles. The monoisotopic (exact) mass is 305 g/mol. The first-order valence-corrected chi connectivity index (χ1v) is 6.86. The van der Waals surface area contributed by atoms with E-state index in [0.29, 0.717) is 5.69 Å². The van der Waals surface area contributed by atoms with E-state index in [1.807, 2.05) is 0 Å². The van der Waals surface area contributed by atoms with E-state index in [1.165, 1.54) is 20.8 Å². The predicted octanol–water partition coefficient (Wildman–Crippen LogP) is 1.74. The third-order valence-corrected chi connectivity index (χ3v) is 2.94. The molecule has 1 rings (SSSR count). The van der Waals surface area contributed by atoms with E-state index in [-0.39, 0.29) is 12.2 Å². The number of ether oxygens (including phenoxy) is 1. The van der Waals surface area contributed by atoms with Crippen LogP contribution in [0.25, 0.3) is 0 Å². The topological polar surface area (TPSA) is 89.5 Å². The summed E-state index contributed by atoms with van der Waals surface area (Å²) in [5, 5.41) is 2.60. The smallest absolute Gasteiger partial charge is 0.313 e. The molecule has 0 spiro atoms. The van der Waals surface area contributed by atoms with Gasteiger partial charge in [0.1, 0.15) is 30.0 Å².